The quantitative estimate of drug-likeness (QED) is 0.524. The van der Waals surface area contributed by atoms with Crippen molar-refractivity contribution in [3.05, 3.63) is 12.2 Å². The Hall–Kier alpha value is -1.40. The average Bonchev–Trinajstić information content (AvgIpc) is 2.53. The minimum absolute atomic E-state index is 0.00426. The molecule has 1 unspecified atom stereocenters. The van der Waals surface area contributed by atoms with Crippen molar-refractivity contribution in [2.24, 2.45) is 0 Å². The van der Waals surface area contributed by atoms with Crippen molar-refractivity contribution in [3.8, 4) is 0 Å². The van der Waals surface area contributed by atoms with E-state index in [0.29, 0.717) is 13.1 Å². The SMILES string of the molecule is CNC(C)(C)CCNC(=O)CCNC(=O)COC1/C=C\CCCCC1. The van der Waals surface area contributed by atoms with Gasteiger partial charge in [-0.05, 0) is 46.6 Å². The van der Waals surface area contributed by atoms with Gasteiger partial charge in [-0.25, -0.2) is 0 Å². The first-order chi connectivity index (χ1) is 11.9. The van der Waals surface area contributed by atoms with Crippen LogP contribution in [-0.2, 0) is 14.3 Å². The third-order valence-electron chi connectivity index (χ3n) is 4.56. The van der Waals surface area contributed by atoms with Crippen molar-refractivity contribution in [1.82, 2.24) is 16.0 Å². The Labute approximate surface area is 152 Å². The van der Waals surface area contributed by atoms with Crippen LogP contribution in [0.15, 0.2) is 12.2 Å². The van der Waals surface area contributed by atoms with E-state index in [1.165, 1.54) is 12.8 Å². The third-order valence-corrected chi connectivity index (χ3v) is 4.56. The highest BCUT2D eigenvalue weighted by molar-refractivity contribution is 5.79. The Bertz CT molecular complexity index is 436. The molecule has 0 radical (unpaired) electrons. The first kappa shape index (κ1) is 21.6. The van der Waals surface area contributed by atoms with Crippen LogP contribution < -0.4 is 16.0 Å². The Kier molecular flexibility index (Phi) is 10.4. The zero-order valence-electron chi connectivity index (χ0n) is 16.0. The molecular formula is C19H35N3O3. The van der Waals surface area contributed by atoms with Gasteiger partial charge in [0.05, 0.1) is 6.10 Å². The number of hydrogen-bond acceptors (Lipinski definition) is 4. The minimum Gasteiger partial charge on any atom is -0.364 e. The number of allylic oxidation sites excluding steroid dienone is 1. The summed E-state index contributed by atoms with van der Waals surface area (Å²) in [4.78, 5) is 23.6. The maximum Gasteiger partial charge on any atom is 0.246 e. The molecule has 0 bridgehead atoms. The van der Waals surface area contributed by atoms with Crippen LogP contribution in [0.1, 0.15) is 58.8 Å². The Morgan fingerprint density at radius 3 is 2.64 bits per heavy atom. The summed E-state index contributed by atoms with van der Waals surface area (Å²) in [5.74, 6) is -0.212. The van der Waals surface area contributed by atoms with Crippen molar-refractivity contribution in [2.45, 2.75) is 70.4 Å². The van der Waals surface area contributed by atoms with Gasteiger partial charge in [0.2, 0.25) is 11.8 Å². The molecule has 0 aromatic heterocycles. The monoisotopic (exact) mass is 353 g/mol. The highest BCUT2D eigenvalue weighted by Gasteiger charge is 2.14. The fourth-order valence-electron chi connectivity index (χ4n) is 2.54. The van der Waals surface area contributed by atoms with Crippen LogP contribution in [0.25, 0.3) is 0 Å². The smallest absolute Gasteiger partial charge is 0.246 e. The van der Waals surface area contributed by atoms with E-state index in [1.807, 2.05) is 7.05 Å². The van der Waals surface area contributed by atoms with E-state index in [2.05, 4.69) is 41.9 Å². The molecule has 1 rings (SSSR count). The van der Waals surface area contributed by atoms with Crippen molar-refractivity contribution in [1.29, 1.82) is 0 Å². The highest BCUT2D eigenvalue weighted by Crippen LogP contribution is 2.13. The Morgan fingerprint density at radius 1 is 1.12 bits per heavy atom. The average molecular weight is 354 g/mol. The van der Waals surface area contributed by atoms with Gasteiger partial charge in [-0.1, -0.05) is 25.0 Å². The number of ether oxygens (including phenoxy) is 1. The number of hydrogen-bond donors (Lipinski definition) is 3. The molecule has 0 aromatic carbocycles. The molecule has 6 nitrogen and oxygen atoms in total. The summed E-state index contributed by atoms with van der Waals surface area (Å²) in [6.07, 6.45) is 11.0. The van der Waals surface area contributed by atoms with E-state index in [0.717, 1.165) is 25.7 Å². The first-order valence-electron chi connectivity index (χ1n) is 9.43. The number of amides is 2. The second kappa shape index (κ2) is 12.0. The second-order valence-electron chi connectivity index (χ2n) is 7.25. The molecule has 0 saturated heterocycles. The predicted molar refractivity (Wildman–Crippen MR) is 100 cm³/mol. The molecule has 1 atom stereocenters. The molecule has 0 fully saturated rings. The molecule has 0 heterocycles. The van der Waals surface area contributed by atoms with Crippen LogP contribution in [0, 0.1) is 0 Å². The fourth-order valence-corrected chi connectivity index (χ4v) is 2.54. The summed E-state index contributed by atoms with van der Waals surface area (Å²) < 4.78 is 5.65. The van der Waals surface area contributed by atoms with Crippen LogP contribution in [0.5, 0.6) is 0 Å². The van der Waals surface area contributed by atoms with E-state index in [4.69, 9.17) is 4.74 Å². The number of carbonyl (C=O) groups is 2. The lowest BCUT2D eigenvalue weighted by Gasteiger charge is -2.23. The summed E-state index contributed by atoms with van der Waals surface area (Å²) in [5, 5.41) is 8.81. The van der Waals surface area contributed by atoms with Gasteiger partial charge < -0.3 is 20.7 Å². The topological polar surface area (TPSA) is 79.5 Å². The minimum atomic E-state index is -0.167. The number of rotatable bonds is 10. The second-order valence-corrected chi connectivity index (χ2v) is 7.25. The Balaban J connectivity index is 2.09. The molecule has 25 heavy (non-hydrogen) atoms. The van der Waals surface area contributed by atoms with Crippen molar-refractivity contribution < 1.29 is 14.3 Å². The standard InChI is InChI=1S/C19H35N3O3/c1-19(2,20-3)12-14-22-17(23)11-13-21-18(24)15-25-16-9-7-5-4-6-8-10-16/h7,9,16,20H,4-6,8,10-15H2,1-3H3,(H,21,24)(H,22,23)/b9-7-. The summed E-state index contributed by atoms with van der Waals surface area (Å²) in [5.41, 5.74) is 0.00426. The van der Waals surface area contributed by atoms with E-state index < -0.39 is 0 Å². The van der Waals surface area contributed by atoms with E-state index in [-0.39, 0.29) is 36.5 Å². The van der Waals surface area contributed by atoms with Gasteiger partial charge in [0.25, 0.3) is 0 Å². The molecule has 0 aliphatic heterocycles. The first-order valence-corrected chi connectivity index (χ1v) is 9.43. The van der Waals surface area contributed by atoms with Gasteiger partial charge in [-0.15, -0.1) is 0 Å². The zero-order valence-corrected chi connectivity index (χ0v) is 16.0. The van der Waals surface area contributed by atoms with Gasteiger partial charge in [0.15, 0.2) is 0 Å². The van der Waals surface area contributed by atoms with Crippen molar-refractivity contribution in [2.75, 3.05) is 26.7 Å². The molecule has 0 spiro atoms. The van der Waals surface area contributed by atoms with Crippen LogP contribution in [-0.4, -0.2) is 50.2 Å². The molecule has 1 aliphatic carbocycles. The molecular weight excluding hydrogens is 318 g/mol. The lowest BCUT2D eigenvalue weighted by Crippen LogP contribution is -2.40. The predicted octanol–water partition coefficient (Wildman–Crippen LogP) is 1.90. The van der Waals surface area contributed by atoms with Gasteiger partial charge in [0.1, 0.15) is 6.61 Å². The number of nitrogens with one attached hydrogen (secondary N) is 3. The lowest BCUT2D eigenvalue weighted by molar-refractivity contribution is -0.127. The van der Waals surface area contributed by atoms with Crippen molar-refractivity contribution >= 4 is 11.8 Å². The van der Waals surface area contributed by atoms with E-state index in [1.54, 1.807) is 0 Å². The van der Waals surface area contributed by atoms with E-state index in [9.17, 15) is 9.59 Å². The summed E-state index contributed by atoms with van der Waals surface area (Å²) in [6.45, 7) is 5.18. The molecule has 2 amide bonds. The van der Waals surface area contributed by atoms with E-state index >= 15 is 0 Å². The Morgan fingerprint density at radius 2 is 1.88 bits per heavy atom. The molecule has 0 aromatic rings. The van der Waals surface area contributed by atoms with Gasteiger partial charge in [-0.3, -0.25) is 9.59 Å². The highest BCUT2D eigenvalue weighted by atomic mass is 16.5. The van der Waals surface area contributed by atoms with Gasteiger partial charge >= 0.3 is 0 Å². The largest absolute Gasteiger partial charge is 0.364 e. The number of carbonyl (C=O) groups excluding carboxylic acids is 2. The summed E-state index contributed by atoms with van der Waals surface area (Å²) >= 11 is 0. The third kappa shape index (κ3) is 10.9. The van der Waals surface area contributed by atoms with Crippen molar-refractivity contribution in [3.63, 3.8) is 0 Å². The van der Waals surface area contributed by atoms with Gasteiger partial charge in [-0.2, -0.15) is 0 Å². The molecule has 6 heteroatoms. The van der Waals surface area contributed by atoms with Crippen LogP contribution in [0.2, 0.25) is 0 Å². The molecule has 144 valence electrons. The van der Waals surface area contributed by atoms with Crippen LogP contribution >= 0.6 is 0 Å². The summed E-state index contributed by atoms with van der Waals surface area (Å²) in [6, 6.07) is 0. The maximum atomic E-state index is 11.8. The zero-order chi connectivity index (χ0) is 18.5. The summed E-state index contributed by atoms with van der Waals surface area (Å²) in [7, 11) is 1.91. The molecule has 1 aliphatic rings. The van der Waals surface area contributed by atoms with Crippen LogP contribution in [0.3, 0.4) is 0 Å². The van der Waals surface area contributed by atoms with Gasteiger partial charge in [0, 0.05) is 25.0 Å². The maximum absolute atomic E-state index is 11.8. The molecule has 3 N–H and O–H groups in total. The normalized spacial score (nSPS) is 19.6. The fraction of sp³-hybridized carbons (Fsp3) is 0.789. The van der Waals surface area contributed by atoms with Crippen LogP contribution in [0.4, 0.5) is 0 Å². The molecule has 0 saturated carbocycles. The lowest BCUT2D eigenvalue weighted by atomic mass is 10.0.